The molecule has 2 unspecified atom stereocenters. The second-order valence-electron chi connectivity index (χ2n) is 4.94. The molecule has 1 rings (SSSR count). The van der Waals surface area contributed by atoms with Gasteiger partial charge in [-0.3, -0.25) is 0 Å². The van der Waals surface area contributed by atoms with Gasteiger partial charge in [0.05, 0.1) is 5.60 Å². The lowest BCUT2D eigenvalue weighted by atomic mass is 9.98. The van der Waals surface area contributed by atoms with Crippen LogP contribution in [-0.2, 0) is 0 Å². The normalized spacial score (nSPS) is 32.6. The van der Waals surface area contributed by atoms with E-state index in [-0.39, 0.29) is 6.61 Å². The third-order valence-corrected chi connectivity index (χ3v) is 3.04. The van der Waals surface area contributed by atoms with Crippen LogP contribution in [0.15, 0.2) is 0 Å². The zero-order chi connectivity index (χ0) is 10.6. The molecular weight excluding hydrogens is 178 g/mol. The van der Waals surface area contributed by atoms with Gasteiger partial charge < -0.3 is 15.1 Å². The molecule has 0 aromatic carbocycles. The lowest BCUT2D eigenvalue weighted by Crippen LogP contribution is -2.32. The van der Waals surface area contributed by atoms with Crippen molar-refractivity contribution in [3.8, 4) is 0 Å². The van der Waals surface area contributed by atoms with E-state index in [0.717, 1.165) is 38.9 Å². The van der Waals surface area contributed by atoms with Gasteiger partial charge >= 0.3 is 0 Å². The van der Waals surface area contributed by atoms with E-state index in [4.69, 9.17) is 5.11 Å². The summed E-state index contributed by atoms with van der Waals surface area (Å²) in [5.41, 5.74) is -0.475. The Bertz CT molecular complexity index is 171. The van der Waals surface area contributed by atoms with Crippen LogP contribution in [0.25, 0.3) is 0 Å². The summed E-state index contributed by atoms with van der Waals surface area (Å²) in [6.07, 6.45) is 2.81. The molecule has 0 aromatic rings. The van der Waals surface area contributed by atoms with Crippen LogP contribution in [0.5, 0.6) is 0 Å². The molecule has 0 amide bonds. The summed E-state index contributed by atoms with van der Waals surface area (Å²) >= 11 is 0. The van der Waals surface area contributed by atoms with Gasteiger partial charge in [-0.25, -0.2) is 0 Å². The highest BCUT2D eigenvalue weighted by molar-refractivity contribution is 4.79. The second kappa shape index (κ2) is 5.10. The molecule has 0 saturated carbocycles. The monoisotopic (exact) mass is 201 g/mol. The Kier molecular flexibility index (Phi) is 4.35. The number of hydrogen-bond acceptors (Lipinski definition) is 3. The second-order valence-corrected chi connectivity index (χ2v) is 4.94. The predicted octanol–water partition coefficient (Wildman–Crippen LogP) is 0.852. The van der Waals surface area contributed by atoms with Gasteiger partial charge in [0, 0.05) is 19.7 Å². The first-order valence-corrected chi connectivity index (χ1v) is 5.59. The number of aliphatic hydroxyl groups is 2. The van der Waals surface area contributed by atoms with Crippen LogP contribution >= 0.6 is 0 Å². The first kappa shape index (κ1) is 12.0. The number of likely N-dealkylation sites (tertiary alicyclic amines) is 1. The molecule has 1 heterocycles. The summed E-state index contributed by atoms with van der Waals surface area (Å²) in [5.74, 6) is 0.345. The van der Waals surface area contributed by atoms with Crippen molar-refractivity contribution in [2.24, 2.45) is 5.92 Å². The Morgan fingerprint density at radius 3 is 2.71 bits per heavy atom. The number of hydrogen-bond donors (Lipinski definition) is 2. The van der Waals surface area contributed by atoms with E-state index in [1.807, 2.05) is 6.92 Å². The summed E-state index contributed by atoms with van der Waals surface area (Å²) in [6, 6.07) is 0. The molecule has 84 valence electrons. The van der Waals surface area contributed by atoms with E-state index in [1.54, 1.807) is 0 Å². The number of nitrogens with zero attached hydrogens (tertiary/aromatic N) is 1. The van der Waals surface area contributed by atoms with Crippen LogP contribution in [0.1, 0.15) is 33.1 Å². The van der Waals surface area contributed by atoms with Crippen molar-refractivity contribution >= 4 is 0 Å². The molecule has 0 spiro atoms. The number of aliphatic hydroxyl groups excluding tert-OH is 1. The Labute approximate surface area is 86.7 Å². The van der Waals surface area contributed by atoms with Crippen molar-refractivity contribution in [2.75, 3.05) is 26.2 Å². The highest BCUT2D eigenvalue weighted by Crippen LogP contribution is 2.21. The van der Waals surface area contributed by atoms with Gasteiger partial charge in [0.2, 0.25) is 0 Å². The molecule has 14 heavy (non-hydrogen) atoms. The lowest BCUT2D eigenvalue weighted by molar-refractivity contribution is 0.0439. The van der Waals surface area contributed by atoms with E-state index in [9.17, 15) is 5.11 Å². The van der Waals surface area contributed by atoms with E-state index in [2.05, 4.69) is 11.8 Å². The molecule has 1 aliphatic rings. The summed E-state index contributed by atoms with van der Waals surface area (Å²) in [4.78, 5) is 2.35. The van der Waals surface area contributed by atoms with Gasteiger partial charge in [0.1, 0.15) is 0 Å². The number of rotatable bonds is 3. The minimum absolute atomic E-state index is 0.257. The van der Waals surface area contributed by atoms with Gasteiger partial charge in [-0.2, -0.15) is 0 Å². The topological polar surface area (TPSA) is 43.7 Å². The van der Waals surface area contributed by atoms with Gasteiger partial charge in [0.15, 0.2) is 0 Å². The zero-order valence-electron chi connectivity index (χ0n) is 9.37. The Morgan fingerprint density at radius 2 is 2.07 bits per heavy atom. The zero-order valence-corrected chi connectivity index (χ0v) is 9.37. The Hall–Kier alpha value is -0.120. The quantitative estimate of drug-likeness (QED) is 0.711. The standard InChI is InChI=1S/C11H23NO2/c1-10(9-13)8-12-6-3-4-11(2,14)5-7-12/h10,13-14H,3-9H2,1-2H3. The first-order chi connectivity index (χ1) is 6.53. The average Bonchev–Trinajstić information content (AvgIpc) is 2.28. The van der Waals surface area contributed by atoms with Crippen molar-refractivity contribution in [2.45, 2.75) is 38.7 Å². The maximum absolute atomic E-state index is 9.89. The summed E-state index contributed by atoms with van der Waals surface area (Å²) < 4.78 is 0. The fourth-order valence-electron chi connectivity index (χ4n) is 2.00. The van der Waals surface area contributed by atoms with Crippen molar-refractivity contribution < 1.29 is 10.2 Å². The van der Waals surface area contributed by atoms with Crippen LogP contribution in [0.2, 0.25) is 0 Å². The molecule has 1 aliphatic heterocycles. The molecule has 1 saturated heterocycles. The third-order valence-electron chi connectivity index (χ3n) is 3.04. The smallest absolute Gasteiger partial charge is 0.0632 e. The highest BCUT2D eigenvalue weighted by atomic mass is 16.3. The van der Waals surface area contributed by atoms with Crippen LogP contribution in [0.3, 0.4) is 0 Å². The van der Waals surface area contributed by atoms with Crippen molar-refractivity contribution in [1.82, 2.24) is 4.90 Å². The molecule has 0 bridgehead atoms. The van der Waals surface area contributed by atoms with E-state index in [1.165, 1.54) is 0 Å². The molecule has 3 nitrogen and oxygen atoms in total. The minimum atomic E-state index is -0.475. The van der Waals surface area contributed by atoms with Crippen LogP contribution in [-0.4, -0.2) is 47.0 Å². The maximum atomic E-state index is 9.89. The van der Waals surface area contributed by atoms with Gasteiger partial charge in [-0.15, -0.1) is 0 Å². The Morgan fingerprint density at radius 1 is 1.36 bits per heavy atom. The van der Waals surface area contributed by atoms with Gasteiger partial charge in [0.25, 0.3) is 0 Å². The molecule has 2 N–H and O–H groups in total. The summed E-state index contributed by atoms with van der Waals surface area (Å²) in [7, 11) is 0. The SMILES string of the molecule is CC(CO)CN1CCCC(C)(O)CC1. The molecule has 3 heteroatoms. The minimum Gasteiger partial charge on any atom is -0.396 e. The Balaban J connectivity index is 2.35. The molecular formula is C11H23NO2. The van der Waals surface area contributed by atoms with Gasteiger partial charge in [-0.1, -0.05) is 6.92 Å². The van der Waals surface area contributed by atoms with Crippen molar-refractivity contribution in [3.05, 3.63) is 0 Å². The maximum Gasteiger partial charge on any atom is 0.0632 e. The molecule has 0 radical (unpaired) electrons. The fraction of sp³-hybridized carbons (Fsp3) is 1.00. The summed E-state index contributed by atoms with van der Waals surface area (Å²) in [5, 5.41) is 18.8. The lowest BCUT2D eigenvalue weighted by Gasteiger charge is -2.24. The molecule has 1 fully saturated rings. The summed E-state index contributed by atoms with van der Waals surface area (Å²) in [6.45, 7) is 7.20. The van der Waals surface area contributed by atoms with Crippen LogP contribution in [0.4, 0.5) is 0 Å². The highest BCUT2D eigenvalue weighted by Gasteiger charge is 2.25. The molecule has 2 atom stereocenters. The first-order valence-electron chi connectivity index (χ1n) is 5.59. The van der Waals surface area contributed by atoms with Gasteiger partial charge in [-0.05, 0) is 38.6 Å². The van der Waals surface area contributed by atoms with E-state index >= 15 is 0 Å². The average molecular weight is 201 g/mol. The largest absolute Gasteiger partial charge is 0.396 e. The van der Waals surface area contributed by atoms with E-state index in [0.29, 0.717) is 5.92 Å². The predicted molar refractivity (Wildman–Crippen MR) is 57.2 cm³/mol. The van der Waals surface area contributed by atoms with Crippen molar-refractivity contribution in [3.63, 3.8) is 0 Å². The fourth-order valence-corrected chi connectivity index (χ4v) is 2.00. The molecule has 0 aliphatic carbocycles. The van der Waals surface area contributed by atoms with Crippen LogP contribution in [0, 0.1) is 5.92 Å². The third kappa shape index (κ3) is 3.95. The van der Waals surface area contributed by atoms with Crippen LogP contribution < -0.4 is 0 Å². The van der Waals surface area contributed by atoms with E-state index < -0.39 is 5.60 Å². The van der Waals surface area contributed by atoms with Crippen molar-refractivity contribution in [1.29, 1.82) is 0 Å². The molecule has 0 aromatic heterocycles.